The van der Waals surface area contributed by atoms with Gasteiger partial charge >= 0.3 is 5.97 Å². The van der Waals surface area contributed by atoms with Crippen molar-refractivity contribution in [1.82, 2.24) is 19.9 Å². The Bertz CT molecular complexity index is 996. The maximum absolute atomic E-state index is 13.0. The molecule has 4 rings (SSSR count). The topological polar surface area (TPSA) is 88.2 Å². The Balaban J connectivity index is 1.62. The molecule has 1 fully saturated rings. The fourth-order valence-electron chi connectivity index (χ4n) is 3.55. The fraction of sp³-hybridized carbons (Fsp3) is 0.368. The van der Waals surface area contributed by atoms with Crippen molar-refractivity contribution >= 4 is 34.2 Å². The number of nitrogens with one attached hydrogen (secondary N) is 1. The first-order valence-electron chi connectivity index (χ1n) is 8.95. The van der Waals surface area contributed by atoms with Gasteiger partial charge in [-0.3, -0.25) is 4.79 Å². The molecule has 27 heavy (non-hydrogen) atoms. The van der Waals surface area contributed by atoms with Crippen molar-refractivity contribution in [3.8, 4) is 10.6 Å². The second-order valence-electron chi connectivity index (χ2n) is 6.60. The van der Waals surface area contributed by atoms with Gasteiger partial charge in [0.15, 0.2) is 0 Å². The Morgan fingerprint density at radius 3 is 3.07 bits per heavy atom. The van der Waals surface area contributed by atoms with E-state index < -0.39 is 6.04 Å². The van der Waals surface area contributed by atoms with Gasteiger partial charge in [0.05, 0.1) is 6.61 Å². The van der Waals surface area contributed by atoms with E-state index in [1.165, 1.54) is 11.3 Å². The number of H-pyrrole nitrogens is 1. The number of amides is 1. The van der Waals surface area contributed by atoms with Crippen LogP contribution in [0.3, 0.4) is 0 Å². The van der Waals surface area contributed by atoms with E-state index in [1.807, 2.05) is 25.3 Å². The summed E-state index contributed by atoms with van der Waals surface area (Å²) >= 11 is 1.41. The normalized spacial score (nSPS) is 19.6. The van der Waals surface area contributed by atoms with Crippen LogP contribution in [0.15, 0.2) is 29.9 Å². The van der Waals surface area contributed by atoms with Crippen LogP contribution < -0.4 is 0 Å². The number of pyridine rings is 1. The van der Waals surface area contributed by atoms with Crippen molar-refractivity contribution in [1.29, 1.82) is 0 Å². The van der Waals surface area contributed by atoms with Crippen molar-refractivity contribution in [2.45, 2.75) is 26.3 Å². The zero-order valence-electron chi connectivity index (χ0n) is 15.1. The summed E-state index contributed by atoms with van der Waals surface area (Å²) in [4.78, 5) is 38.8. The highest BCUT2D eigenvalue weighted by Crippen LogP contribution is 2.31. The number of ether oxygens (including phenoxy) is 1. The molecule has 0 radical (unpaired) electrons. The van der Waals surface area contributed by atoms with Gasteiger partial charge in [0.25, 0.3) is 5.91 Å². The molecule has 7 nitrogen and oxygen atoms in total. The molecule has 1 N–H and O–H groups in total. The van der Waals surface area contributed by atoms with E-state index >= 15 is 0 Å². The summed E-state index contributed by atoms with van der Waals surface area (Å²) in [5.74, 6) is -0.487. The molecule has 0 bridgehead atoms. The number of carbonyl (C=O) groups excluding carboxylic acids is 2. The fourth-order valence-corrected chi connectivity index (χ4v) is 4.38. The molecule has 3 aromatic heterocycles. The van der Waals surface area contributed by atoms with Crippen LogP contribution in [-0.4, -0.2) is 50.9 Å². The van der Waals surface area contributed by atoms with Gasteiger partial charge in [-0.15, -0.1) is 11.3 Å². The monoisotopic (exact) mass is 384 g/mol. The van der Waals surface area contributed by atoms with Gasteiger partial charge in [-0.05, 0) is 31.4 Å². The highest BCUT2D eigenvalue weighted by molar-refractivity contribution is 7.13. The second-order valence-corrected chi connectivity index (χ2v) is 7.46. The molecule has 0 aromatic carbocycles. The number of nitrogens with zero attached hydrogens (tertiary/aromatic N) is 3. The predicted octanol–water partition coefficient (Wildman–Crippen LogP) is 3.10. The van der Waals surface area contributed by atoms with Crippen LogP contribution in [0, 0.1) is 5.92 Å². The molecule has 2 atom stereocenters. The molecule has 1 amide bonds. The average molecular weight is 384 g/mol. The SMILES string of the molecule is CCOC(=O)[C@@H]1[C@@H](C)CCN1C(=O)c1csc(-c2ccnc3[nH]ccc23)n1. The van der Waals surface area contributed by atoms with Crippen LogP contribution in [0.25, 0.3) is 21.6 Å². The molecular formula is C19H20N4O3S. The molecule has 1 saturated heterocycles. The molecule has 0 unspecified atom stereocenters. The van der Waals surface area contributed by atoms with Crippen molar-refractivity contribution in [2.24, 2.45) is 5.92 Å². The molecule has 0 saturated carbocycles. The third kappa shape index (κ3) is 3.10. The Kier molecular flexibility index (Phi) is 4.65. The van der Waals surface area contributed by atoms with E-state index in [-0.39, 0.29) is 17.8 Å². The molecule has 8 heteroatoms. The zero-order chi connectivity index (χ0) is 19.0. The Labute approximate surface area is 160 Å². The number of fused-ring (bicyclic) bond motifs is 1. The minimum atomic E-state index is -0.542. The summed E-state index contributed by atoms with van der Waals surface area (Å²) in [6, 6.07) is 3.29. The quantitative estimate of drug-likeness (QED) is 0.698. The van der Waals surface area contributed by atoms with Crippen molar-refractivity contribution in [3.63, 3.8) is 0 Å². The molecular weight excluding hydrogens is 364 g/mol. The molecule has 0 aliphatic carbocycles. The minimum absolute atomic E-state index is 0.0748. The average Bonchev–Trinajstić information content (AvgIpc) is 3.40. The van der Waals surface area contributed by atoms with E-state index in [0.717, 1.165) is 28.0 Å². The number of esters is 1. The molecule has 140 valence electrons. The number of carbonyl (C=O) groups is 2. The van der Waals surface area contributed by atoms with Gasteiger partial charge in [-0.25, -0.2) is 14.8 Å². The highest BCUT2D eigenvalue weighted by atomic mass is 32.1. The van der Waals surface area contributed by atoms with Crippen LogP contribution in [-0.2, 0) is 9.53 Å². The Morgan fingerprint density at radius 2 is 2.26 bits per heavy atom. The second kappa shape index (κ2) is 7.11. The maximum Gasteiger partial charge on any atom is 0.329 e. The van der Waals surface area contributed by atoms with Crippen molar-refractivity contribution < 1.29 is 14.3 Å². The van der Waals surface area contributed by atoms with E-state index in [0.29, 0.717) is 18.8 Å². The van der Waals surface area contributed by atoms with Crippen LogP contribution in [0.5, 0.6) is 0 Å². The summed E-state index contributed by atoms with van der Waals surface area (Å²) < 4.78 is 5.17. The van der Waals surface area contributed by atoms with Gasteiger partial charge in [0.1, 0.15) is 22.4 Å². The third-order valence-corrected chi connectivity index (χ3v) is 5.78. The van der Waals surface area contributed by atoms with Gasteiger partial charge in [-0.1, -0.05) is 6.92 Å². The molecule has 4 heterocycles. The van der Waals surface area contributed by atoms with E-state index in [1.54, 1.807) is 23.4 Å². The van der Waals surface area contributed by atoms with Gasteiger partial charge in [0, 0.05) is 35.3 Å². The summed E-state index contributed by atoms with van der Waals surface area (Å²) in [5, 5.41) is 3.47. The van der Waals surface area contributed by atoms with Crippen molar-refractivity contribution in [3.05, 3.63) is 35.6 Å². The van der Waals surface area contributed by atoms with Crippen LogP contribution in [0.2, 0.25) is 0 Å². The number of rotatable bonds is 4. The van der Waals surface area contributed by atoms with Crippen LogP contribution in [0.4, 0.5) is 0 Å². The Morgan fingerprint density at radius 1 is 1.41 bits per heavy atom. The van der Waals surface area contributed by atoms with Crippen LogP contribution in [0.1, 0.15) is 30.8 Å². The first-order chi connectivity index (χ1) is 13.1. The number of hydrogen-bond acceptors (Lipinski definition) is 6. The zero-order valence-corrected chi connectivity index (χ0v) is 16.0. The van der Waals surface area contributed by atoms with Gasteiger partial charge < -0.3 is 14.6 Å². The third-order valence-electron chi connectivity index (χ3n) is 4.90. The summed E-state index contributed by atoms with van der Waals surface area (Å²) in [5.41, 5.74) is 2.08. The number of aromatic nitrogens is 3. The lowest BCUT2D eigenvalue weighted by Gasteiger charge is -2.24. The maximum atomic E-state index is 13.0. The first-order valence-corrected chi connectivity index (χ1v) is 9.83. The first kappa shape index (κ1) is 17.7. The van der Waals surface area contributed by atoms with Gasteiger partial charge in [-0.2, -0.15) is 0 Å². The Hall–Kier alpha value is -2.74. The highest BCUT2D eigenvalue weighted by Gasteiger charge is 2.41. The predicted molar refractivity (Wildman–Crippen MR) is 102 cm³/mol. The number of likely N-dealkylation sites (tertiary alicyclic amines) is 1. The number of thiazole rings is 1. The molecule has 1 aliphatic rings. The summed E-state index contributed by atoms with van der Waals surface area (Å²) in [6.07, 6.45) is 4.33. The summed E-state index contributed by atoms with van der Waals surface area (Å²) in [7, 11) is 0. The largest absolute Gasteiger partial charge is 0.464 e. The minimum Gasteiger partial charge on any atom is -0.464 e. The lowest BCUT2D eigenvalue weighted by molar-refractivity contribution is -0.148. The standard InChI is InChI=1S/C19H20N4O3S/c1-3-26-19(25)15-11(2)6-9-23(15)18(24)14-10-27-17(22-14)13-5-8-21-16-12(13)4-7-20-16/h4-5,7-8,10-11,15H,3,6,9H2,1-2H3,(H,20,21)/t11-,15-/m0/s1. The number of aromatic amines is 1. The van der Waals surface area contributed by atoms with Gasteiger partial charge in [0.2, 0.25) is 0 Å². The smallest absolute Gasteiger partial charge is 0.329 e. The lowest BCUT2D eigenvalue weighted by atomic mass is 10.0. The van der Waals surface area contributed by atoms with E-state index in [4.69, 9.17) is 4.74 Å². The molecule has 0 spiro atoms. The van der Waals surface area contributed by atoms with E-state index in [9.17, 15) is 9.59 Å². The molecule has 1 aliphatic heterocycles. The molecule has 3 aromatic rings. The van der Waals surface area contributed by atoms with E-state index in [2.05, 4.69) is 15.0 Å². The number of hydrogen-bond donors (Lipinski definition) is 1. The van der Waals surface area contributed by atoms with Crippen LogP contribution >= 0.6 is 11.3 Å². The summed E-state index contributed by atoms with van der Waals surface area (Å²) in [6.45, 7) is 4.58. The van der Waals surface area contributed by atoms with Crippen molar-refractivity contribution in [2.75, 3.05) is 13.2 Å². The lowest BCUT2D eigenvalue weighted by Crippen LogP contribution is -2.43.